The molecule has 1 aliphatic rings. The summed E-state index contributed by atoms with van der Waals surface area (Å²) in [5.74, 6) is 0.411. The number of nitrogens with one attached hydrogen (secondary N) is 1. The van der Waals surface area contributed by atoms with E-state index in [9.17, 15) is 8.42 Å². The third-order valence-corrected chi connectivity index (χ3v) is 5.52. The number of fused-ring (bicyclic) bond motifs is 1. The Kier molecular flexibility index (Phi) is 3.30. The summed E-state index contributed by atoms with van der Waals surface area (Å²) in [7, 11) is -3.06. The van der Waals surface area contributed by atoms with Crippen LogP contribution in [0.5, 0.6) is 0 Å². The van der Waals surface area contributed by atoms with E-state index in [4.69, 9.17) is 0 Å². The zero-order chi connectivity index (χ0) is 14.3. The molecule has 5 nitrogen and oxygen atoms in total. The maximum atomic E-state index is 11.6. The van der Waals surface area contributed by atoms with Crippen molar-refractivity contribution in [2.45, 2.75) is 25.7 Å². The van der Waals surface area contributed by atoms with Gasteiger partial charge in [-0.25, -0.2) is 12.7 Å². The highest BCUT2D eigenvalue weighted by atomic mass is 32.2. The molecule has 0 radical (unpaired) electrons. The Morgan fingerprint density at radius 3 is 2.65 bits per heavy atom. The number of sulfonamides is 1. The Labute approximate surface area is 119 Å². The van der Waals surface area contributed by atoms with Crippen LogP contribution in [-0.2, 0) is 10.0 Å². The summed E-state index contributed by atoms with van der Waals surface area (Å²) in [4.78, 5) is 0. The topological polar surface area (TPSA) is 66.1 Å². The summed E-state index contributed by atoms with van der Waals surface area (Å²) in [5, 5.41) is 8.35. The van der Waals surface area contributed by atoms with E-state index in [0.29, 0.717) is 19.0 Å². The number of aromatic amines is 1. The lowest BCUT2D eigenvalue weighted by molar-refractivity contribution is 0.322. The number of aromatic nitrogens is 2. The molecule has 0 spiro atoms. The van der Waals surface area contributed by atoms with Crippen LogP contribution in [0.25, 0.3) is 10.9 Å². The zero-order valence-electron chi connectivity index (χ0n) is 11.8. The second-order valence-corrected chi connectivity index (χ2v) is 7.55. The van der Waals surface area contributed by atoms with E-state index in [0.717, 1.165) is 18.4 Å². The van der Waals surface area contributed by atoms with E-state index < -0.39 is 10.0 Å². The van der Waals surface area contributed by atoms with Crippen molar-refractivity contribution < 1.29 is 8.42 Å². The molecule has 6 heteroatoms. The second-order valence-electron chi connectivity index (χ2n) is 5.57. The molecule has 20 heavy (non-hydrogen) atoms. The van der Waals surface area contributed by atoms with Gasteiger partial charge in [0.2, 0.25) is 10.0 Å². The molecule has 1 aromatic heterocycles. The first-order chi connectivity index (χ1) is 9.47. The minimum atomic E-state index is -3.06. The summed E-state index contributed by atoms with van der Waals surface area (Å²) in [6.45, 7) is 3.28. The summed E-state index contributed by atoms with van der Waals surface area (Å²) >= 11 is 0. The minimum Gasteiger partial charge on any atom is -0.278 e. The van der Waals surface area contributed by atoms with E-state index in [2.05, 4.69) is 29.3 Å². The van der Waals surface area contributed by atoms with Crippen molar-refractivity contribution in [2.75, 3.05) is 19.3 Å². The van der Waals surface area contributed by atoms with Crippen molar-refractivity contribution in [2.24, 2.45) is 0 Å². The zero-order valence-corrected chi connectivity index (χ0v) is 12.6. The van der Waals surface area contributed by atoms with E-state index in [1.165, 1.54) is 22.8 Å². The third kappa shape index (κ3) is 2.33. The summed E-state index contributed by atoms with van der Waals surface area (Å²) in [6.07, 6.45) is 4.90. The Balaban J connectivity index is 1.87. The van der Waals surface area contributed by atoms with Crippen molar-refractivity contribution in [3.05, 3.63) is 29.5 Å². The van der Waals surface area contributed by atoms with Crippen molar-refractivity contribution >= 4 is 20.9 Å². The van der Waals surface area contributed by atoms with Crippen LogP contribution in [-0.4, -0.2) is 42.3 Å². The maximum absolute atomic E-state index is 11.6. The van der Waals surface area contributed by atoms with Gasteiger partial charge in [-0.15, -0.1) is 0 Å². The van der Waals surface area contributed by atoms with Gasteiger partial charge in [-0.1, -0.05) is 12.1 Å². The van der Waals surface area contributed by atoms with E-state index in [1.807, 2.05) is 6.20 Å². The molecular weight excluding hydrogens is 274 g/mol. The first-order valence-corrected chi connectivity index (χ1v) is 8.69. The predicted molar refractivity (Wildman–Crippen MR) is 79.2 cm³/mol. The Hall–Kier alpha value is -1.40. The largest absolute Gasteiger partial charge is 0.278 e. The summed E-state index contributed by atoms with van der Waals surface area (Å²) < 4.78 is 24.7. The van der Waals surface area contributed by atoms with Gasteiger partial charge in [-0.2, -0.15) is 5.10 Å². The molecule has 0 unspecified atom stereocenters. The summed E-state index contributed by atoms with van der Waals surface area (Å²) in [5.41, 5.74) is 3.57. The smallest absolute Gasteiger partial charge is 0.211 e. The molecule has 3 rings (SSSR count). The van der Waals surface area contributed by atoms with Gasteiger partial charge in [0.1, 0.15) is 0 Å². The lowest BCUT2D eigenvalue weighted by atomic mass is 9.87. The molecule has 1 saturated heterocycles. The number of hydrogen-bond donors (Lipinski definition) is 1. The highest BCUT2D eigenvalue weighted by Gasteiger charge is 2.26. The van der Waals surface area contributed by atoms with Crippen LogP contribution in [0.3, 0.4) is 0 Å². The molecule has 1 fully saturated rings. The van der Waals surface area contributed by atoms with Crippen LogP contribution in [0.4, 0.5) is 0 Å². The van der Waals surface area contributed by atoms with Crippen molar-refractivity contribution in [1.29, 1.82) is 0 Å². The fraction of sp³-hybridized carbons (Fsp3) is 0.500. The number of piperidine rings is 1. The van der Waals surface area contributed by atoms with Gasteiger partial charge in [0, 0.05) is 18.5 Å². The van der Waals surface area contributed by atoms with Crippen molar-refractivity contribution in [3.63, 3.8) is 0 Å². The number of hydrogen-bond acceptors (Lipinski definition) is 3. The van der Waals surface area contributed by atoms with Crippen molar-refractivity contribution in [1.82, 2.24) is 14.5 Å². The molecule has 1 aliphatic heterocycles. The molecule has 2 heterocycles. The molecule has 108 valence electrons. The lowest BCUT2D eigenvalue weighted by Gasteiger charge is -2.30. The highest BCUT2D eigenvalue weighted by molar-refractivity contribution is 7.88. The molecule has 0 bridgehead atoms. The number of nitrogens with zero attached hydrogens (tertiary/aromatic N) is 2. The van der Waals surface area contributed by atoms with Crippen LogP contribution in [0.15, 0.2) is 18.3 Å². The Morgan fingerprint density at radius 2 is 2.00 bits per heavy atom. The molecule has 1 aromatic carbocycles. The average Bonchev–Trinajstić information content (AvgIpc) is 2.88. The molecule has 0 atom stereocenters. The first-order valence-electron chi connectivity index (χ1n) is 6.84. The number of benzene rings is 1. The first kappa shape index (κ1) is 13.6. The van der Waals surface area contributed by atoms with Gasteiger partial charge in [0.15, 0.2) is 0 Å². The Bertz CT molecular complexity index is 728. The van der Waals surface area contributed by atoms with Crippen LogP contribution >= 0.6 is 0 Å². The molecule has 0 amide bonds. The highest BCUT2D eigenvalue weighted by Crippen LogP contribution is 2.33. The standard InChI is InChI=1S/C14H19N3O2S/c1-10-3-4-12(13-9-15-16-14(10)13)11-5-7-17(8-6-11)20(2,18)19/h3-4,9,11H,5-8H2,1-2H3,(H,15,16). The average molecular weight is 293 g/mol. The van der Waals surface area contributed by atoms with E-state index >= 15 is 0 Å². The maximum Gasteiger partial charge on any atom is 0.211 e. The predicted octanol–water partition coefficient (Wildman–Crippen LogP) is 2.01. The van der Waals surface area contributed by atoms with Gasteiger partial charge in [-0.3, -0.25) is 5.10 Å². The molecule has 0 aliphatic carbocycles. The third-order valence-electron chi connectivity index (χ3n) is 4.22. The van der Waals surface area contributed by atoms with E-state index in [1.54, 1.807) is 4.31 Å². The van der Waals surface area contributed by atoms with Crippen LogP contribution in [0.1, 0.15) is 29.9 Å². The lowest BCUT2D eigenvalue weighted by Crippen LogP contribution is -2.37. The monoisotopic (exact) mass is 293 g/mol. The normalized spacial score (nSPS) is 18.7. The molecule has 2 aromatic rings. The fourth-order valence-electron chi connectivity index (χ4n) is 3.05. The SMILES string of the molecule is Cc1ccc(C2CCN(S(C)(=O)=O)CC2)c2cn[nH]c12. The molecule has 1 N–H and O–H groups in total. The molecular formula is C14H19N3O2S. The van der Waals surface area contributed by atoms with Gasteiger partial charge in [0.05, 0.1) is 18.0 Å². The second kappa shape index (κ2) is 4.86. The van der Waals surface area contributed by atoms with Gasteiger partial charge >= 0.3 is 0 Å². The van der Waals surface area contributed by atoms with Gasteiger partial charge < -0.3 is 0 Å². The molecule has 0 saturated carbocycles. The van der Waals surface area contributed by atoms with Crippen LogP contribution in [0.2, 0.25) is 0 Å². The van der Waals surface area contributed by atoms with Crippen LogP contribution < -0.4 is 0 Å². The number of H-pyrrole nitrogens is 1. The van der Waals surface area contributed by atoms with Crippen molar-refractivity contribution in [3.8, 4) is 0 Å². The van der Waals surface area contributed by atoms with Gasteiger partial charge in [0.25, 0.3) is 0 Å². The number of aryl methyl sites for hydroxylation is 1. The van der Waals surface area contributed by atoms with Crippen LogP contribution in [0, 0.1) is 6.92 Å². The number of rotatable bonds is 2. The summed E-state index contributed by atoms with van der Waals surface area (Å²) in [6, 6.07) is 4.27. The Morgan fingerprint density at radius 1 is 1.30 bits per heavy atom. The quantitative estimate of drug-likeness (QED) is 0.921. The van der Waals surface area contributed by atoms with E-state index in [-0.39, 0.29) is 0 Å². The van der Waals surface area contributed by atoms with Gasteiger partial charge in [-0.05, 0) is 36.8 Å². The minimum absolute atomic E-state index is 0.411. The fourth-order valence-corrected chi connectivity index (χ4v) is 3.92.